The zero-order valence-corrected chi connectivity index (χ0v) is 30.6. The number of rotatable bonds is 6. The molecule has 55 heavy (non-hydrogen) atoms. The predicted molar refractivity (Wildman–Crippen MR) is 235 cm³/mol. The average Bonchev–Trinajstić information content (AvgIpc) is 3.82. The van der Waals surface area contributed by atoms with E-state index in [0.29, 0.717) is 0 Å². The van der Waals surface area contributed by atoms with Crippen molar-refractivity contribution in [1.29, 1.82) is 0 Å². The predicted octanol–water partition coefficient (Wildman–Crippen LogP) is 15.6. The fourth-order valence-electron chi connectivity index (χ4n) is 8.06. The van der Waals surface area contributed by atoms with Crippen molar-refractivity contribution < 1.29 is 4.42 Å². The van der Waals surface area contributed by atoms with Crippen LogP contribution in [0.3, 0.4) is 0 Å². The van der Waals surface area contributed by atoms with E-state index in [-0.39, 0.29) is 0 Å². The topological polar surface area (TPSA) is 16.4 Å². The number of anilines is 3. The molecular formula is C52H33NOS. The minimum absolute atomic E-state index is 0.904. The van der Waals surface area contributed by atoms with Crippen LogP contribution in [-0.2, 0) is 0 Å². The fraction of sp³-hybridized carbons (Fsp3) is 0. The Kier molecular flexibility index (Phi) is 7.39. The zero-order chi connectivity index (χ0) is 36.3. The van der Waals surface area contributed by atoms with E-state index in [1.165, 1.54) is 53.2 Å². The van der Waals surface area contributed by atoms with Gasteiger partial charge in [-0.25, -0.2) is 0 Å². The van der Waals surface area contributed by atoms with Crippen LogP contribution >= 0.6 is 11.3 Å². The molecule has 0 aliphatic heterocycles. The normalized spacial score (nSPS) is 11.6. The molecule has 3 heteroatoms. The van der Waals surface area contributed by atoms with Crippen LogP contribution in [0.4, 0.5) is 17.1 Å². The number of furan rings is 1. The molecule has 0 amide bonds. The maximum atomic E-state index is 6.23. The molecule has 0 radical (unpaired) electrons. The molecule has 0 atom stereocenters. The third-order valence-electron chi connectivity index (χ3n) is 10.9. The molecule has 0 aliphatic carbocycles. The summed E-state index contributed by atoms with van der Waals surface area (Å²) in [7, 11) is 0. The van der Waals surface area contributed by atoms with Crippen molar-refractivity contribution >= 4 is 81.3 Å². The molecular weight excluding hydrogens is 687 g/mol. The molecule has 9 aromatic carbocycles. The van der Waals surface area contributed by atoms with Crippen molar-refractivity contribution in [2.45, 2.75) is 0 Å². The van der Waals surface area contributed by atoms with Gasteiger partial charge in [-0.05, 0) is 117 Å². The molecule has 11 aromatic rings. The Morgan fingerprint density at radius 2 is 0.873 bits per heavy atom. The van der Waals surface area contributed by atoms with E-state index in [1.54, 1.807) is 0 Å². The lowest BCUT2D eigenvalue weighted by Gasteiger charge is -2.26. The molecule has 2 heterocycles. The monoisotopic (exact) mass is 719 g/mol. The molecule has 0 fully saturated rings. The summed E-state index contributed by atoms with van der Waals surface area (Å²) in [4.78, 5) is 2.36. The first-order valence-electron chi connectivity index (χ1n) is 18.6. The molecule has 0 unspecified atom stereocenters. The van der Waals surface area contributed by atoms with Gasteiger partial charge in [0.25, 0.3) is 0 Å². The van der Waals surface area contributed by atoms with Gasteiger partial charge in [-0.15, -0.1) is 11.3 Å². The highest BCUT2D eigenvalue weighted by Gasteiger charge is 2.16. The van der Waals surface area contributed by atoms with E-state index < -0.39 is 0 Å². The Morgan fingerprint density at radius 1 is 0.309 bits per heavy atom. The van der Waals surface area contributed by atoms with Crippen LogP contribution in [0, 0.1) is 0 Å². The van der Waals surface area contributed by atoms with Crippen molar-refractivity contribution in [2.75, 3.05) is 4.90 Å². The second kappa shape index (κ2) is 12.9. The van der Waals surface area contributed by atoms with E-state index in [2.05, 4.69) is 193 Å². The minimum Gasteiger partial charge on any atom is -0.456 e. The summed E-state index contributed by atoms with van der Waals surface area (Å²) >= 11 is 1.86. The second-order valence-corrected chi connectivity index (χ2v) is 15.2. The Morgan fingerprint density at radius 3 is 1.67 bits per heavy atom. The molecule has 0 aliphatic rings. The molecule has 2 nitrogen and oxygen atoms in total. The Bertz CT molecular complexity index is 3210. The van der Waals surface area contributed by atoms with E-state index in [9.17, 15) is 0 Å². The fourth-order valence-corrected chi connectivity index (χ4v) is 9.20. The summed E-state index contributed by atoms with van der Waals surface area (Å²) in [5.41, 5.74) is 12.2. The Hall–Kier alpha value is -6.94. The Balaban J connectivity index is 0.989. The molecule has 0 N–H and O–H groups in total. The summed E-state index contributed by atoms with van der Waals surface area (Å²) in [6, 6.07) is 72.3. The highest BCUT2D eigenvalue weighted by molar-refractivity contribution is 7.25. The van der Waals surface area contributed by atoms with E-state index in [0.717, 1.165) is 50.1 Å². The molecule has 0 saturated carbocycles. The van der Waals surface area contributed by atoms with Crippen LogP contribution in [-0.4, -0.2) is 0 Å². The number of para-hydroxylation sites is 1. The SMILES string of the molecule is c1cc(-c2ccc3c(c2)sc2ccccc23)cc(N(c2ccc(-c3ccc4ccccc4c3)cc2)c2ccc(-c3ccc4c(c3)oc3ccccc34)cc2)c1. The van der Waals surface area contributed by atoms with Crippen molar-refractivity contribution in [2.24, 2.45) is 0 Å². The van der Waals surface area contributed by atoms with Crippen molar-refractivity contribution in [3.63, 3.8) is 0 Å². The first-order chi connectivity index (χ1) is 27.2. The lowest BCUT2D eigenvalue weighted by Crippen LogP contribution is -2.10. The van der Waals surface area contributed by atoms with Gasteiger partial charge in [-0.2, -0.15) is 0 Å². The van der Waals surface area contributed by atoms with Gasteiger partial charge in [-0.3, -0.25) is 0 Å². The maximum absolute atomic E-state index is 6.23. The molecule has 0 bridgehead atoms. The van der Waals surface area contributed by atoms with Gasteiger partial charge < -0.3 is 9.32 Å². The van der Waals surface area contributed by atoms with Gasteiger partial charge in [0.15, 0.2) is 0 Å². The van der Waals surface area contributed by atoms with Gasteiger partial charge in [0, 0.05) is 48.0 Å². The molecule has 258 valence electrons. The third-order valence-corrected chi connectivity index (χ3v) is 12.0. The third kappa shape index (κ3) is 5.56. The maximum Gasteiger partial charge on any atom is 0.136 e. The van der Waals surface area contributed by atoms with Gasteiger partial charge >= 0.3 is 0 Å². The lowest BCUT2D eigenvalue weighted by molar-refractivity contribution is 0.669. The molecule has 2 aromatic heterocycles. The van der Waals surface area contributed by atoms with Crippen LogP contribution < -0.4 is 4.90 Å². The highest BCUT2D eigenvalue weighted by atomic mass is 32.1. The number of benzene rings is 9. The lowest BCUT2D eigenvalue weighted by atomic mass is 10.00. The zero-order valence-electron chi connectivity index (χ0n) is 29.8. The van der Waals surface area contributed by atoms with Crippen molar-refractivity contribution in [3.8, 4) is 33.4 Å². The number of fused-ring (bicyclic) bond motifs is 7. The quantitative estimate of drug-likeness (QED) is 0.170. The molecule has 0 spiro atoms. The van der Waals surface area contributed by atoms with Gasteiger partial charge in [0.1, 0.15) is 11.2 Å². The summed E-state index contributed by atoms with van der Waals surface area (Å²) in [5, 5.41) is 7.42. The van der Waals surface area contributed by atoms with Gasteiger partial charge in [-0.1, -0.05) is 127 Å². The molecule has 0 saturated heterocycles. The first kappa shape index (κ1) is 31.6. The number of thiophene rings is 1. The molecule has 11 rings (SSSR count). The first-order valence-corrected chi connectivity index (χ1v) is 19.5. The largest absolute Gasteiger partial charge is 0.456 e. The van der Waals surface area contributed by atoms with Crippen LogP contribution in [0.5, 0.6) is 0 Å². The standard InChI is InChI=1S/C52H33NOS/c1-2-9-37-30-39(17-16-34(37)8-1)35-18-24-42(25-19-35)53(43-26-20-36(21-27-43)40-22-28-46-45-12-3-5-14-49(45)54-50(46)32-40)44-11-7-10-38(31-44)41-23-29-48-47-13-4-6-15-51(47)55-52(48)33-41/h1-33H. The number of hydrogen-bond donors (Lipinski definition) is 0. The van der Waals surface area contributed by atoms with Crippen molar-refractivity contribution in [3.05, 3.63) is 200 Å². The van der Waals surface area contributed by atoms with Crippen LogP contribution in [0.2, 0.25) is 0 Å². The van der Waals surface area contributed by atoms with Gasteiger partial charge in [0.2, 0.25) is 0 Å². The average molecular weight is 720 g/mol. The summed E-state index contributed by atoms with van der Waals surface area (Å²) < 4.78 is 8.86. The number of hydrogen-bond acceptors (Lipinski definition) is 3. The van der Waals surface area contributed by atoms with E-state index in [1.807, 2.05) is 23.5 Å². The van der Waals surface area contributed by atoms with Gasteiger partial charge in [0.05, 0.1) is 0 Å². The van der Waals surface area contributed by atoms with E-state index >= 15 is 0 Å². The summed E-state index contributed by atoms with van der Waals surface area (Å²) in [6.07, 6.45) is 0. The number of nitrogens with zero attached hydrogens (tertiary/aromatic N) is 1. The van der Waals surface area contributed by atoms with E-state index in [4.69, 9.17) is 4.42 Å². The summed E-state index contributed by atoms with van der Waals surface area (Å²) in [5.74, 6) is 0. The second-order valence-electron chi connectivity index (χ2n) is 14.2. The Labute approximate surface area is 322 Å². The van der Waals surface area contributed by atoms with Crippen LogP contribution in [0.1, 0.15) is 0 Å². The van der Waals surface area contributed by atoms with Crippen molar-refractivity contribution in [1.82, 2.24) is 0 Å². The highest BCUT2D eigenvalue weighted by Crippen LogP contribution is 2.41. The van der Waals surface area contributed by atoms with Crippen LogP contribution in [0.25, 0.3) is 86.3 Å². The van der Waals surface area contributed by atoms with Crippen LogP contribution in [0.15, 0.2) is 205 Å². The summed E-state index contributed by atoms with van der Waals surface area (Å²) in [6.45, 7) is 0. The minimum atomic E-state index is 0.904. The smallest absolute Gasteiger partial charge is 0.136 e.